The van der Waals surface area contributed by atoms with E-state index in [0.717, 1.165) is 18.2 Å². The fourth-order valence-electron chi connectivity index (χ4n) is 2.34. The van der Waals surface area contributed by atoms with Gasteiger partial charge in [-0.1, -0.05) is 0 Å². The molecule has 0 spiro atoms. The molecule has 25 heavy (non-hydrogen) atoms. The molecule has 0 atom stereocenters. The number of phenols is 1. The number of amides is 1. The summed E-state index contributed by atoms with van der Waals surface area (Å²) in [5.74, 6) is -1.31. The Labute approximate surface area is 138 Å². The van der Waals surface area contributed by atoms with E-state index in [-0.39, 0.29) is 40.4 Å². The van der Waals surface area contributed by atoms with Crippen LogP contribution in [0.1, 0.15) is 21.9 Å². The molecule has 5 N–H and O–H groups in total. The SMILES string of the molecule is NCc1oc(-c2ccc(O)c3nc(C(F)(F)F)ccc23)nc1C(N)=O. The molecule has 0 aliphatic heterocycles. The van der Waals surface area contributed by atoms with Gasteiger partial charge in [0, 0.05) is 10.9 Å². The Morgan fingerprint density at radius 3 is 2.48 bits per heavy atom. The number of nitrogens with zero attached hydrogens (tertiary/aromatic N) is 2. The number of alkyl halides is 3. The highest BCUT2D eigenvalue weighted by Gasteiger charge is 2.33. The highest BCUT2D eigenvalue weighted by atomic mass is 19.4. The van der Waals surface area contributed by atoms with Gasteiger partial charge in [-0.2, -0.15) is 13.2 Å². The second kappa shape index (κ2) is 5.74. The summed E-state index contributed by atoms with van der Waals surface area (Å²) in [7, 11) is 0. The first-order valence-electron chi connectivity index (χ1n) is 6.92. The topological polar surface area (TPSA) is 128 Å². The largest absolute Gasteiger partial charge is 0.506 e. The first-order chi connectivity index (χ1) is 11.7. The number of aromatic nitrogens is 2. The maximum atomic E-state index is 12.8. The molecule has 10 heteroatoms. The molecule has 0 bridgehead atoms. The van der Waals surface area contributed by atoms with Gasteiger partial charge in [0.25, 0.3) is 5.91 Å². The third kappa shape index (κ3) is 2.87. The third-order valence-corrected chi connectivity index (χ3v) is 3.47. The smallest absolute Gasteiger partial charge is 0.433 e. The maximum Gasteiger partial charge on any atom is 0.433 e. The zero-order valence-corrected chi connectivity index (χ0v) is 12.5. The molecule has 3 rings (SSSR count). The lowest BCUT2D eigenvalue weighted by Crippen LogP contribution is -2.14. The minimum absolute atomic E-state index is 0.0450. The van der Waals surface area contributed by atoms with Gasteiger partial charge >= 0.3 is 6.18 Å². The minimum Gasteiger partial charge on any atom is -0.506 e. The molecule has 1 amide bonds. The predicted octanol–water partition coefficient (Wildman–Crippen LogP) is 2.17. The van der Waals surface area contributed by atoms with Gasteiger partial charge in [-0.3, -0.25) is 4.79 Å². The Bertz CT molecular complexity index is 982. The van der Waals surface area contributed by atoms with Crippen molar-refractivity contribution in [3.8, 4) is 17.2 Å². The molecular formula is C15H11F3N4O3. The second-order valence-electron chi connectivity index (χ2n) is 5.08. The number of aromatic hydroxyl groups is 1. The van der Waals surface area contributed by atoms with Crippen molar-refractivity contribution in [2.45, 2.75) is 12.7 Å². The van der Waals surface area contributed by atoms with Crippen LogP contribution in [0.15, 0.2) is 28.7 Å². The number of rotatable bonds is 3. The Balaban J connectivity index is 2.24. The van der Waals surface area contributed by atoms with Crippen molar-refractivity contribution in [3.63, 3.8) is 0 Å². The van der Waals surface area contributed by atoms with Gasteiger partial charge in [0.1, 0.15) is 17.0 Å². The minimum atomic E-state index is -4.66. The summed E-state index contributed by atoms with van der Waals surface area (Å²) in [6.07, 6.45) is -4.66. The lowest BCUT2D eigenvalue weighted by Gasteiger charge is -2.09. The number of oxazole rings is 1. The maximum absolute atomic E-state index is 12.8. The number of benzene rings is 1. The van der Waals surface area contributed by atoms with E-state index in [1.165, 1.54) is 6.07 Å². The van der Waals surface area contributed by atoms with Crippen molar-refractivity contribution in [1.29, 1.82) is 0 Å². The second-order valence-corrected chi connectivity index (χ2v) is 5.08. The van der Waals surface area contributed by atoms with E-state index >= 15 is 0 Å². The summed E-state index contributed by atoms with van der Waals surface area (Å²) in [4.78, 5) is 18.8. The van der Waals surface area contributed by atoms with Gasteiger partial charge in [-0.15, -0.1) is 0 Å². The zero-order chi connectivity index (χ0) is 18.4. The van der Waals surface area contributed by atoms with E-state index in [9.17, 15) is 23.1 Å². The molecular weight excluding hydrogens is 341 g/mol. The normalized spacial score (nSPS) is 11.8. The van der Waals surface area contributed by atoms with Crippen LogP contribution in [0.2, 0.25) is 0 Å². The van der Waals surface area contributed by atoms with E-state index in [1.807, 2.05) is 0 Å². The van der Waals surface area contributed by atoms with E-state index in [2.05, 4.69) is 9.97 Å². The number of carbonyl (C=O) groups excluding carboxylic acids is 1. The molecule has 130 valence electrons. The Hall–Kier alpha value is -3.14. The summed E-state index contributed by atoms with van der Waals surface area (Å²) in [6.45, 7) is -0.141. The van der Waals surface area contributed by atoms with Crippen LogP contribution >= 0.6 is 0 Å². The molecule has 2 heterocycles. The van der Waals surface area contributed by atoms with Crippen LogP contribution in [0.5, 0.6) is 5.75 Å². The number of nitrogens with two attached hydrogens (primary N) is 2. The average molecular weight is 352 g/mol. The van der Waals surface area contributed by atoms with Gasteiger partial charge in [0.2, 0.25) is 5.89 Å². The highest BCUT2D eigenvalue weighted by molar-refractivity contribution is 5.97. The van der Waals surface area contributed by atoms with Gasteiger partial charge in [0.05, 0.1) is 6.54 Å². The Kier molecular flexibility index (Phi) is 3.84. The standard InChI is InChI=1S/C15H11F3N4O3/c16-15(17,18)10-4-2-6-7(1-3-8(23)11(6)21-10)14-22-12(13(20)24)9(5-19)25-14/h1-4,23H,5,19H2,(H2,20,24). The summed E-state index contributed by atoms with van der Waals surface area (Å²) >= 11 is 0. The van der Waals surface area contributed by atoms with Crippen molar-refractivity contribution in [1.82, 2.24) is 9.97 Å². The fourth-order valence-corrected chi connectivity index (χ4v) is 2.34. The fraction of sp³-hybridized carbons (Fsp3) is 0.133. The molecule has 1 aromatic carbocycles. The number of carbonyl (C=O) groups is 1. The summed E-state index contributed by atoms with van der Waals surface area (Å²) in [5.41, 5.74) is 9.29. The van der Waals surface area contributed by atoms with Crippen LogP contribution < -0.4 is 11.5 Å². The molecule has 0 aliphatic rings. The number of phenolic OH excluding ortho intramolecular Hbond substituents is 1. The van der Waals surface area contributed by atoms with Crippen LogP contribution in [0, 0.1) is 0 Å². The number of hydrogen-bond donors (Lipinski definition) is 3. The van der Waals surface area contributed by atoms with Gasteiger partial charge in [-0.05, 0) is 24.3 Å². The molecule has 0 radical (unpaired) electrons. The van der Waals surface area contributed by atoms with Crippen molar-refractivity contribution >= 4 is 16.8 Å². The van der Waals surface area contributed by atoms with Gasteiger partial charge in [-0.25, -0.2) is 9.97 Å². The van der Waals surface area contributed by atoms with Crippen LogP contribution in [0.25, 0.3) is 22.4 Å². The van der Waals surface area contributed by atoms with E-state index in [0.29, 0.717) is 0 Å². The monoisotopic (exact) mass is 352 g/mol. The summed E-state index contributed by atoms with van der Waals surface area (Å²) < 4.78 is 43.9. The Morgan fingerprint density at radius 1 is 1.20 bits per heavy atom. The average Bonchev–Trinajstić information content (AvgIpc) is 2.98. The number of pyridine rings is 1. The van der Waals surface area contributed by atoms with Gasteiger partial charge < -0.3 is 21.0 Å². The van der Waals surface area contributed by atoms with E-state index < -0.39 is 23.5 Å². The number of halogens is 3. The van der Waals surface area contributed by atoms with Crippen molar-refractivity contribution in [2.75, 3.05) is 0 Å². The Morgan fingerprint density at radius 2 is 1.92 bits per heavy atom. The number of primary amides is 1. The predicted molar refractivity (Wildman–Crippen MR) is 80.3 cm³/mol. The molecule has 2 aromatic heterocycles. The van der Waals surface area contributed by atoms with Crippen LogP contribution in [0.3, 0.4) is 0 Å². The molecule has 0 unspecified atom stereocenters. The molecule has 3 aromatic rings. The number of fused-ring (bicyclic) bond motifs is 1. The summed E-state index contributed by atoms with van der Waals surface area (Å²) in [6, 6.07) is 4.44. The summed E-state index contributed by atoms with van der Waals surface area (Å²) in [5, 5.41) is 10.0. The first kappa shape index (κ1) is 16.7. The zero-order valence-electron chi connectivity index (χ0n) is 12.5. The molecule has 0 saturated heterocycles. The third-order valence-electron chi connectivity index (χ3n) is 3.47. The van der Waals surface area contributed by atoms with Crippen LogP contribution in [-0.2, 0) is 12.7 Å². The first-order valence-corrected chi connectivity index (χ1v) is 6.92. The van der Waals surface area contributed by atoms with Gasteiger partial charge in [0.15, 0.2) is 11.5 Å². The van der Waals surface area contributed by atoms with Crippen LogP contribution in [0.4, 0.5) is 13.2 Å². The lowest BCUT2D eigenvalue weighted by molar-refractivity contribution is -0.140. The highest BCUT2D eigenvalue weighted by Crippen LogP contribution is 2.36. The van der Waals surface area contributed by atoms with E-state index in [1.54, 1.807) is 0 Å². The van der Waals surface area contributed by atoms with Crippen molar-refractivity contribution in [2.24, 2.45) is 11.5 Å². The van der Waals surface area contributed by atoms with E-state index in [4.69, 9.17) is 15.9 Å². The molecule has 7 nitrogen and oxygen atoms in total. The molecule has 0 aliphatic carbocycles. The van der Waals surface area contributed by atoms with Crippen molar-refractivity contribution in [3.05, 3.63) is 41.4 Å². The number of hydrogen-bond acceptors (Lipinski definition) is 6. The quantitative estimate of drug-likeness (QED) is 0.663. The molecule has 0 saturated carbocycles. The molecule has 0 fully saturated rings. The lowest BCUT2D eigenvalue weighted by atomic mass is 10.1. The van der Waals surface area contributed by atoms with Crippen molar-refractivity contribution < 1.29 is 27.5 Å². The van der Waals surface area contributed by atoms with Crippen LogP contribution in [-0.4, -0.2) is 21.0 Å².